The highest BCUT2D eigenvalue weighted by molar-refractivity contribution is 5.08. The van der Waals surface area contributed by atoms with Gasteiger partial charge in [0.1, 0.15) is 0 Å². The molecule has 0 amide bonds. The Morgan fingerprint density at radius 3 is 2.63 bits per heavy atom. The summed E-state index contributed by atoms with van der Waals surface area (Å²) in [4.78, 5) is 4.19. The molecule has 0 radical (unpaired) electrons. The Bertz CT molecular complexity index is 327. The minimum atomic E-state index is 0.431. The minimum absolute atomic E-state index is 0.431. The van der Waals surface area contributed by atoms with E-state index in [4.69, 9.17) is 0 Å². The van der Waals surface area contributed by atoms with Crippen LogP contribution in [0.2, 0.25) is 0 Å². The molecule has 1 heterocycles. The summed E-state index contributed by atoms with van der Waals surface area (Å²) in [5.74, 6) is 0. The third-order valence-corrected chi connectivity index (χ3v) is 3.43. The number of nitrogens with zero attached hydrogens (tertiary/aromatic N) is 1. The van der Waals surface area contributed by atoms with E-state index in [9.17, 15) is 0 Å². The summed E-state index contributed by atoms with van der Waals surface area (Å²) in [5, 5.41) is 3.69. The first-order chi connectivity index (χ1) is 9.01. The summed E-state index contributed by atoms with van der Waals surface area (Å²) in [6.07, 6.45) is 9.92. The predicted octanol–water partition coefficient (Wildman–Crippen LogP) is 4.21. The summed E-state index contributed by atoms with van der Waals surface area (Å²) in [6.45, 7) is 10.3. The molecule has 0 aromatic carbocycles. The number of hydrogen-bond acceptors (Lipinski definition) is 2. The van der Waals surface area contributed by atoms with Gasteiger partial charge in [-0.1, -0.05) is 33.8 Å². The lowest BCUT2D eigenvalue weighted by atomic mass is 9.87. The van der Waals surface area contributed by atoms with E-state index in [2.05, 4.69) is 44.1 Å². The number of hydrogen-bond donors (Lipinski definition) is 1. The van der Waals surface area contributed by atoms with Crippen LogP contribution in [0.3, 0.4) is 0 Å². The van der Waals surface area contributed by atoms with Gasteiger partial charge in [-0.25, -0.2) is 0 Å². The van der Waals surface area contributed by atoms with Gasteiger partial charge in [0, 0.05) is 18.4 Å². The molecule has 0 saturated heterocycles. The number of aromatic nitrogens is 1. The Kier molecular flexibility index (Phi) is 7.07. The van der Waals surface area contributed by atoms with Gasteiger partial charge in [0.05, 0.1) is 0 Å². The number of pyridine rings is 1. The van der Waals surface area contributed by atoms with Crippen LogP contribution < -0.4 is 5.32 Å². The molecule has 108 valence electrons. The molecule has 0 bridgehead atoms. The molecule has 1 aromatic heterocycles. The smallest absolute Gasteiger partial charge is 0.0299 e. The van der Waals surface area contributed by atoms with E-state index in [0.29, 0.717) is 11.5 Å². The van der Waals surface area contributed by atoms with Crippen LogP contribution in [0.25, 0.3) is 0 Å². The van der Waals surface area contributed by atoms with Crippen LogP contribution in [-0.4, -0.2) is 17.6 Å². The van der Waals surface area contributed by atoms with Crippen molar-refractivity contribution in [3.63, 3.8) is 0 Å². The third-order valence-electron chi connectivity index (χ3n) is 3.43. The van der Waals surface area contributed by atoms with E-state index < -0.39 is 0 Å². The van der Waals surface area contributed by atoms with E-state index in [1.54, 1.807) is 0 Å². The molecule has 0 fully saturated rings. The largest absolute Gasteiger partial charge is 0.314 e. The molecule has 2 heteroatoms. The van der Waals surface area contributed by atoms with Crippen LogP contribution in [-0.2, 0) is 6.42 Å². The predicted molar refractivity (Wildman–Crippen MR) is 83.3 cm³/mol. The molecular formula is C17H30N2. The number of nitrogens with one attached hydrogen (secondary N) is 1. The minimum Gasteiger partial charge on any atom is -0.314 e. The second-order valence-electron chi connectivity index (χ2n) is 6.65. The standard InChI is InChI=1S/C17H30N2/c1-5-12-19-16(10-11-17(2,3)4)9-8-15-7-6-13-18-14-15/h6-7,13-14,16,19H,5,8-12H2,1-4H3. The molecule has 1 rings (SSSR count). The molecule has 0 aliphatic carbocycles. The lowest BCUT2D eigenvalue weighted by Crippen LogP contribution is -2.31. The summed E-state index contributed by atoms with van der Waals surface area (Å²) >= 11 is 0. The molecule has 0 aliphatic rings. The SMILES string of the molecule is CCCNC(CCc1cccnc1)CCC(C)(C)C. The van der Waals surface area contributed by atoms with Gasteiger partial charge in [-0.3, -0.25) is 4.98 Å². The first kappa shape index (κ1) is 16.2. The van der Waals surface area contributed by atoms with Crippen molar-refractivity contribution in [2.75, 3.05) is 6.54 Å². The van der Waals surface area contributed by atoms with Crippen LogP contribution in [0.4, 0.5) is 0 Å². The highest BCUT2D eigenvalue weighted by Crippen LogP contribution is 2.22. The van der Waals surface area contributed by atoms with Gasteiger partial charge < -0.3 is 5.32 Å². The normalized spacial score (nSPS) is 13.5. The average molecular weight is 262 g/mol. The molecule has 0 aliphatic heterocycles. The molecule has 1 N–H and O–H groups in total. The molecule has 0 saturated carbocycles. The van der Waals surface area contributed by atoms with Crippen LogP contribution in [0.1, 0.15) is 58.9 Å². The van der Waals surface area contributed by atoms with Crippen molar-refractivity contribution in [1.82, 2.24) is 10.3 Å². The van der Waals surface area contributed by atoms with Crippen molar-refractivity contribution in [2.45, 2.75) is 65.8 Å². The molecule has 19 heavy (non-hydrogen) atoms. The van der Waals surface area contributed by atoms with Gasteiger partial charge in [-0.2, -0.15) is 0 Å². The van der Waals surface area contributed by atoms with E-state index in [-0.39, 0.29) is 0 Å². The zero-order valence-corrected chi connectivity index (χ0v) is 13.1. The summed E-state index contributed by atoms with van der Waals surface area (Å²) < 4.78 is 0. The van der Waals surface area contributed by atoms with E-state index >= 15 is 0 Å². The average Bonchev–Trinajstić information content (AvgIpc) is 2.38. The van der Waals surface area contributed by atoms with Gasteiger partial charge >= 0.3 is 0 Å². The van der Waals surface area contributed by atoms with Gasteiger partial charge in [0.25, 0.3) is 0 Å². The molecule has 1 atom stereocenters. The first-order valence-electron chi connectivity index (χ1n) is 7.63. The fourth-order valence-electron chi connectivity index (χ4n) is 2.19. The van der Waals surface area contributed by atoms with E-state index in [1.807, 2.05) is 18.5 Å². The summed E-state index contributed by atoms with van der Waals surface area (Å²) in [5.41, 5.74) is 1.78. The lowest BCUT2D eigenvalue weighted by molar-refractivity contribution is 0.322. The highest BCUT2D eigenvalue weighted by Gasteiger charge is 2.14. The number of rotatable bonds is 8. The van der Waals surface area contributed by atoms with Crippen molar-refractivity contribution >= 4 is 0 Å². The maximum Gasteiger partial charge on any atom is 0.0299 e. The van der Waals surface area contributed by atoms with E-state index in [0.717, 1.165) is 13.0 Å². The van der Waals surface area contributed by atoms with Crippen LogP contribution >= 0.6 is 0 Å². The zero-order valence-electron chi connectivity index (χ0n) is 13.1. The Labute approximate surface area is 119 Å². The second-order valence-corrected chi connectivity index (χ2v) is 6.65. The Morgan fingerprint density at radius 1 is 1.26 bits per heavy atom. The van der Waals surface area contributed by atoms with Gasteiger partial charge in [-0.05, 0) is 55.7 Å². The van der Waals surface area contributed by atoms with Crippen LogP contribution in [0.5, 0.6) is 0 Å². The van der Waals surface area contributed by atoms with Crippen molar-refractivity contribution in [1.29, 1.82) is 0 Å². The van der Waals surface area contributed by atoms with Gasteiger partial charge in [0.2, 0.25) is 0 Å². The van der Waals surface area contributed by atoms with Crippen LogP contribution in [0, 0.1) is 5.41 Å². The fourth-order valence-corrected chi connectivity index (χ4v) is 2.19. The first-order valence-corrected chi connectivity index (χ1v) is 7.63. The summed E-state index contributed by atoms with van der Waals surface area (Å²) in [7, 11) is 0. The molecule has 2 nitrogen and oxygen atoms in total. The van der Waals surface area contributed by atoms with Gasteiger partial charge in [-0.15, -0.1) is 0 Å². The lowest BCUT2D eigenvalue weighted by Gasteiger charge is -2.24. The zero-order chi connectivity index (χ0) is 14.1. The Hall–Kier alpha value is -0.890. The fraction of sp³-hybridized carbons (Fsp3) is 0.706. The quantitative estimate of drug-likeness (QED) is 0.759. The maximum atomic E-state index is 4.19. The Morgan fingerprint density at radius 2 is 2.05 bits per heavy atom. The van der Waals surface area contributed by atoms with Crippen molar-refractivity contribution < 1.29 is 0 Å². The van der Waals surface area contributed by atoms with Crippen molar-refractivity contribution in [3.8, 4) is 0 Å². The molecule has 0 spiro atoms. The topological polar surface area (TPSA) is 24.9 Å². The Balaban J connectivity index is 2.40. The molecule has 1 aromatic rings. The molecule has 1 unspecified atom stereocenters. The third kappa shape index (κ3) is 7.99. The van der Waals surface area contributed by atoms with Crippen LogP contribution in [0.15, 0.2) is 24.5 Å². The van der Waals surface area contributed by atoms with Crippen molar-refractivity contribution in [3.05, 3.63) is 30.1 Å². The molecular weight excluding hydrogens is 232 g/mol. The second kappa shape index (κ2) is 8.31. The maximum absolute atomic E-state index is 4.19. The summed E-state index contributed by atoms with van der Waals surface area (Å²) in [6, 6.07) is 4.84. The monoisotopic (exact) mass is 262 g/mol. The number of aryl methyl sites for hydroxylation is 1. The van der Waals surface area contributed by atoms with Crippen molar-refractivity contribution in [2.24, 2.45) is 5.41 Å². The van der Waals surface area contributed by atoms with E-state index in [1.165, 1.54) is 31.2 Å². The highest BCUT2D eigenvalue weighted by atomic mass is 14.9. The van der Waals surface area contributed by atoms with Gasteiger partial charge in [0.15, 0.2) is 0 Å².